The molecular formula is C45H20B7N3OS. The Morgan fingerprint density at radius 2 is 0.930 bits per heavy atom. The van der Waals surface area contributed by atoms with Crippen LogP contribution in [0.25, 0.3) is 98.5 Å². The highest BCUT2D eigenvalue weighted by molar-refractivity contribution is 7.28. The molecule has 0 saturated carbocycles. The number of thiophene rings is 1. The van der Waals surface area contributed by atoms with Crippen LogP contribution in [0, 0.1) is 0 Å². The van der Waals surface area contributed by atoms with Crippen molar-refractivity contribution in [3.63, 3.8) is 0 Å². The maximum atomic E-state index is 7.02. The Bertz CT molecular complexity index is 3270. The van der Waals surface area contributed by atoms with Gasteiger partial charge in [0, 0.05) is 36.9 Å². The first-order chi connectivity index (χ1) is 27.7. The van der Waals surface area contributed by atoms with E-state index in [0.717, 1.165) is 44.2 Å². The Morgan fingerprint density at radius 1 is 0.386 bits per heavy atom. The molecule has 4 nitrogen and oxygen atoms in total. The number of rotatable bonds is 5. The third-order valence-electron chi connectivity index (χ3n) is 10.6. The van der Waals surface area contributed by atoms with Gasteiger partial charge in [-0.3, -0.25) is 0 Å². The molecule has 12 heteroatoms. The number of nitrogens with zero attached hydrogens (tertiary/aromatic N) is 3. The van der Waals surface area contributed by atoms with Gasteiger partial charge in [-0.05, 0) is 51.2 Å². The average Bonchev–Trinajstić information content (AvgIpc) is 3.85. The highest BCUT2D eigenvalue weighted by atomic mass is 32.1. The molecule has 0 amide bonds. The summed E-state index contributed by atoms with van der Waals surface area (Å²) in [4.78, 5) is 15.3. The summed E-state index contributed by atoms with van der Waals surface area (Å²) in [6.45, 7) is 0. The van der Waals surface area contributed by atoms with E-state index in [-0.39, 0.29) is 16.4 Å². The van der Waals surface area contributed by atoms with E-state index in [1.165, 1.54) is 11.3 Å². The molecule has 3 heterocycles. The summed E-state index contributed by atoms with van der Waals surface area (Å²) < 4.78 is 7.53. The fourth-order valence-electron chi connectivity index (χ4n) is 7.68. The maximum Gasteiger partial charge on any atom is 0.164 e. The van der Waals surface area contributed by atoms with Crippen molar-refractivity contribution in [1.82, 2.24) is 15.0 Å². The van der Waals surface area contributed by atoms with Gasteiger partial charge in [-0.25, -0.2) is 15.0 Å². The lowest BCUT2D eigenvalue weighted by Crippen LogP contribution is -2.47. The minimum atomic E-state index is 0.188. The van der Waals surface area contributed by atoms with Crippen molar-refractivity contribution in [2.75, 3.05) is 0 Å². The van der Waals surface area contributed by atoms with Crippen LogP contribution < -0.4 is 38.2 Å². The first-order valence-electron chi connectivity index (χ1n) is 18.1. The molecule has 0 unspecified atom stereocenters. The zero-order chi connectivity index (χ0) is 39.1. The maximum absolute atomic E-state index is 7.02. The molecule has 0 fully saturated rings. The highest BCUT2D eigenvalue weighted by Crippen LogP contribution is 2.37. The summed E-state index contributed by atoms with van der Waals surface area (Å²) in [7, 11) is 46.1. The molecule has 10 aromatic rings. The van der Waals surface area contributed by atoms with Crippen molar-refractivity contribution in [3.8, 4) is 56.4 Å². The largest absolute Gasteiger partial charge is 0.456 e. The van der Waals surface area contributed by atoms with Gasteiger partial charge in [0.2, 0.25) is 0 Å². The quantitative estimate of drug-likeness (QED) is 0.252. The van der Waals surface area contributed by atoms with Crippen LogP contribution in [-0.2, 0) is 0 Å². The molecular weight excluding hydrogens is 706 g/mol. The first kappa shape index (κ1) is 35.4. The lowest BCUT2D eigenvalue weighted by molar-refractivity contribution is 0.669. The van der Waals surface area contributed by atoms with E-state index >= 15 is 0 Å². The van der Waals surface area contributed by atoms with Crippen LogP contribution >= 0.6 is 11.3 Å². The average molecular weight is 726 g/mol. The Kier molecular flexibility index (Phi) is 8.46. The molecule has 0 aliphatic heterocycles. The SMILES string of the molecule is [B]c1c([B])c([B])c2c(sc3c([B])c([B])c(-c4cccc(-c5nc(-c6ccc(-c7ccccc7)cc6)nc(-c6cccc7oc8ccccc8c67)n5)c4)c([B])c32)c1[B]. The standard InChI is InChI=1S/C45H20B7N3OS/c46-34-30(35(47)39(51)41-32(34)33-36(48)37(49)38(50)40(52)42(33)57-41)24-10-6-11-25(20-24)44-53-43(23-18-16-22(17-19-23)21-8-2-1-3-9-21)54-45(55-44)27-13-7-15-29-31(27)26-12-4-5-14-28(26)56-29/h1-20H. The molecule has 0 N–H and O–H groups in total. The van der Waals surface area contributed by atoms with Crippen molar-refractivity contribution in [2.24, 2.45) is 0 Å². The number of hydrogen-bond donors (Lipinski definition) is 0. The lowest BCUT2D eigenvalue weighted by atomic mass is 9.64. The van der Waals surface area contributed by atoms with Gasteiger partial charge >= 0.3 is 0 Å². The van der Waals surface area contributed by atoms with Crippen LogP contribution in [0.2, 0.25) is 0 Å². The molecule has 7 aromatic carbocycles. The third kappa shape index (κ3) is 5.64. The molecule has 0 spiro atoms. The molecule has 0 atom stereocenters. The predicted molar refractivity (Wildman–Crippen MR) is 245 cm³/mol. The predicted octanol–water partition coefficient (Wildman–Crippen LogP) is 4.03. The number of furan rings is 1. The van der Waals surface area contributed by atoms with Crippen LogP contribution in [0.1, 0.15) is 0 Å². The van der Waals surface area contributed by atoms with Crippen molar-refractivity contribution in [2.45, 2.75) is 0 Å². The summed E-state index contributed by atoms with van der Waals surface area (Å²) >= 11 is 1.33. The molecule has 3 aromatic heterocycles. The van der Waals surface area contributed by atoms with Gasteiger partial charge in [-0.2, -0.15) is 0 Å². The molecule has 0 aliphatic rings. The van der Waals surface area contributed by atoms with Crippen molar-refractivity contribution in [3.05, 3.63) is 121 Å². The summed E-state index contributed by atoms with van der Waals surface area (Å²) in [6.07, 6.45) is 0. The van der Waals surface area contributed by atoms with E-state index in [4.69, 9.17) is 74.3 Å². The highest BCUT2D eigenvalue weighted by Gasteiger charge is 2.22. The summed E-state index contributed by atoms with van der Waals surface area (Å²) in [6, 6.07) is 40.0. The summed E-state index contributed by atoms with van der Waals surface area (Å²) in [5.41, 5.74) is 9.32. The van der Waals surface area contributed by atoms with Gasteiger partial charge in [0.15, 0.2) is 17.5 Å². The van der Waals surface area contributed by atoms with Gasteiger partial charge in [-0.1, -0.05) is 130 Å². The van der Waals surface area contributed by atoms with Crippen LogP contribution in [0.5, 0.6) is 0 Å². The molecule has 0 bridgehead atoms. The van der Waals surface area contributed by atoms with E-state index in [1.807, 2.05) is 97.1 Å². The number of aromatic nitrogens is 3. The molecule has 248 valence electrons. The van der Waals surface area contributed by atoms with Gasteiger partial charge in [-0.15, -0.1) is 22.3 Å². The minimum Gasteiger partial charge on any atom is -0.456 e. The van der Waals surface area contributed by atoms with Gasteiger partial charge in [0.05, 0.1) is 0 Å². The Balaban J connectivity index is 1.18. The van der Waals surface area contributed by atoms with Gasteiger partial charge < -0.3 is 4.42 Å². The van der Waals surface area contributed by atoms with Crippen LogP contribution in [-0.4, -0.2) is 69.9 Å². The summed E-state index contributed by atoms with van der Waals surface area (Å²) in [5, 5.41) is 3.08. The molecule has 57 heavy (non-hydrogen) atoms. The van der Waals surface area contributed by atoms with Crippen molar-refractivity contribution >= 4 is 147 Å². The van der Waals surface area contributed by atoms with E-state index < -0.39 is 0 Å². The fraction of sp³-hybridized carbons (Fsp3) is 0. The Hall–Kier alpha value is -5.98. The number of hydrogen-bond acceptors (Lipinski definition) is 5. The lowest BCUT2D eigenvalue weighted by Gasteiger charge is -2.19. The third-order valence-corrected chi connectivity index (χ3v) is 11.8. The van der Waals surface area contributed by atoms with E-state index in [1.54, 1.807) is 0 Å². The second-order valence-electron chi connectivity index (χ2n) is 13.9. The number of para-hydroxylation sites is 1. The number of fused-ring (bicyclic) bond motifs is 6. The summed E-state index contributed by atoms with van der Waals surface area (Å²) in [5.74, 6) is 1.44. The zero-order valence-corrected chi connectivity index (χ0v) is 31.1. The van der Waals surface area contributed by atoms with Crippen molar-refractivity contribution < 1.29 is 4.42 Å². The first-order valence-corrected chi connectivity index (χ1v) is 18.9. The Morgan fingerprint density at radius 3 is 1.70 bits per heavy atom. The van der Waals surface area contributed by atoms with Gasteiger partial charge in [0.1, 0.15) is 66.1 Å². The zero-order valence-electron chi connectivity index (χ0n) is 30.2. The second-order valence-corrected chi connectivity index (χ2v) is 14.9. The topological polar surface area (TPSA) is 51.8 Å². The van der Waals surface area contributed by atoms with E-state index in [9.17, 15) is 0 Å². The number of benzene rings is 7. The molecule has 10 rings (SSSR count). The van der Waals surface area contributed by atoms with E-state index in [0.29, 0.717) is 76.2 Å². The molecule has 0 aliphatic carbocycles. The van der Waals surface area contributed by atoms with Crippen molar-refractivity contribution in [1.29, 1.82) is 0 Å². The second kappa shape index (κ2) is 13.6. The van der Waals surface area contributed by atoms with Crippen LogP contribution in [0.3, 0.4) is 0 Å². The fourth-order valence-corrected chi connectivity index (χ4v) is 8.95. The minimum absolute atomic E-state index is 0.188. The monoisotopic (exact) mass is 727 g/mol. The molecule has 0 saturated heterocycles. The van der Waals surface area contributed by atoms with Gasteiger partial charge in [0.25, 0.3) is 0 Å². The smallest absolute Gasteiger partial charge is 0.164 e. The normalized spacial score (nSPS) is 11.6. The van der Waals surface area contributed by atoms with Crippen LogP contribution in [0.4, 0.5) is 0 Å². The van der Waals surface area contributed by atoms with E-state index in [2.05, 4.69) is 24.3 Å². The Labute approximate surface area is 342 Å². The molecule has 14 radical (unpaired) electrons. The van der Waals surface area contributed by atoms with Crippen LogP contribution in [0.15, 0.2) is 126 Å².